The summed E-state index contributed by atoms with van der Waals surface area (Å²) in [6.45, 7) is 1.46. The molecule has 62 heavy (non-hydrogen) atoms. The number of nitrogens with two attached hydrogens (primary N) is 1. The van der Waals surface area contributed by atoms with Crippen molar-refractivity contribution in [3.05, 3.63) is 137 Å². The summed E-state index contributed by atoms with van der Waals surface area (Å²) in [5.74, 6) is -0.380. The van der Waals surface area contributed by atoms with E-state index in [2.05, 4.69) is 69.8 Å². The Bertz CT molecular complexity index is 2370. The van der Waals surface area contributed by atoms with Gasteiger partial charge in [-0.15, -0.1) is 0 Å². The number of aryl methyl sites for hydroxylation is 1. The number of thiocarbonyl (C=S) groups is 1. The van der Waals surface area contributed by atoms with Crippen LogP contribution in [0.15, 0.2) is 103 Å². The van der Waals surface area contributed by atoms with Gasteiger partial charge in [0.05, 0.1) is 18.8 Å². The summed E-state index contributed by atoms with van der Waals surface area (Å²) < 4.78 is 11.7. The molecular weight excluding hydrogens is 803 g/mol. The Morgan fingerprint density at radius 2 is 1.45 bits per heavy atom. The molecule has 2 atom stereocenters. The second-order valence-electron chi connectivity index (χ2n) is 16.5. The number of rotatable bonds is 16. The van der Waals surface area contributed by atoms with E-state index in [-0.39, 0.29) is 23.0 Å². The number of phenolic OH excluding ortho intramolecular Hbond substituents is 2. The van der Waals surface area contributed by atoms with Gasteiger partial charge in [0.1, 0.15) is 23.0 Å². The molecule has 0 saturated heterocycles. The van der Waals surface area contributed by atoms with Gasteiger partial charge in [-0.1, -0.05) is 66.7 Å². The van der Waals surface area contributed by atoms with Gasteiger partial charge in [-0.05, 0) is 103 Å². The third kappa shape index (κ3) is 10.5. The van der Waals surface area contributed by atoms with E-state index in [0.29, 0.717) is 102 Å². The number of nitrogens with one attached hydrogen (secondary N) is 4. The predicted molar refractivity (Wildman–Crippen MR) is 243 cm³/mol. The highest BCUT2D eigenvalue weighted by Crippen LogP contribution is 2.50. The van der Waals surface area contributed by atoms with Crippen molar-refractivity contribution in [3.63, 3.8) is 0 Å². The lowest BCUT2D eigenvalue weighted by molar-refractivity contribution is -0.121. The fourth-order valence-corrected chi connectivity index (χ4v) is 8.90. The lowest BCUT2D eigenvalue weighted by Crippen LogP contribution is -2.38. The largest absolute Gasteiger partial charge is 0.508 e. The molecule has 13 heteroatoms. The monoisotopic (exact) mass is 855 g/mol. The van der Waals surface area contributed by atoms with Crippen LogP contribution in [0.2, 0.25) is 0 Å². The molecule has 9 N–H and O–H groups in total. The van der Waals surface area contributed by atoms with E-state index in [1.165, 1.54) is 60.7 Å². The van der Waals surface area contributed by atoms with Crippen LogP contribution in [0.25, 0.3) is 11.1 Å². The summed E-state index contributed by atoms with van der Waals surface area (Å²) in [4.78, 5) is 25.2. The van der Waals surface area contributed by atoms with Crippen molar-refractivity contribution >= 4 is 34.9 Å². The quantitative estimate of drug-likeness (QED) is 0.0354. The third-order valence-corrected chi connectivity index (χ3v) is 12.3. The zero-order chi connectivity index (χ0) is 43.2. The smallest absolute Gasteiger partial charge is 0.336 e. The first-order valence-corrected chi connectivity index (χ1v) is 21.8. The summed E-state index contributed by atoms with van der Waals surface area (Å²) >= 11 is 5.47. The molecule has 0 bridgehead atoms. The van der Waals surface area contributed by atoms with Crippen LogP contribution in [0, 0.1) is 0 Å². The fraction of sp³-hybridized carbons (Fsp3) is 0.327. The highest BCUT2D eigenvalue weighted by molar-refractivity contribution is 7.80. The summed E-state index contributed by atoms with van der Waals surface area (Å²) in [5, 5.41) is 43.7. The average Bonchev–Trinajstić information content (AvgIpc) is 4.04. The number of aromatic hydroxyl groups is 2. The zero-order valence-electron chi connectivity index (χ0n) is 34.4. The van der Waals surface area contributed by atoms with Crippen molar-refractivity contribution in [2.75, 3.05) is 31.6 Å². The number of ether oxygens (including phenoxy) is 2. The molecule has 2 aliphatic carbocycles. The Balaban J connectivity index is 0.739. The molecule has 2 fully saturated rings. The number of benzene rings is 5. The lowest BCUT2D eigenvalue weighted by atomic mass is 9.80. The molecule has 8 rings (SSSR count). The topological polar surface area (TPSA) is 187 Å². The molecule has 3 aliphatic rings. The average molecular weight is 856 g/mol. The van der Waals surface area contributed by atoms with Crippen molar-refractivity contribution in [1.29, 1.82) is 0 Å². The maximum absolute atomic E-state index is 12.6. The van der Waals surface area contributed by atoms with Crippen LogP contribution >= 0.6 is 12.2 Å². The van der Waals surface area contributed by atoms with Crippen LogP contribution in [0.3, 0.4) is 0 Å². The van der Waals surface area contributed by atoms with Gasteiger partial charge in [-0.3, -0.25) is 4.79 Å². The van der Waals surface area contributed by atoms with Gasteiger partial charge in [0.2, 0.25) is 5.91 Å². The van der Waals surface area contributed by atoms with Gasteiger partial charge < -0.3 is 51.8 Å². The number of carbonyl (C=O) groups is 2. The second-order valence-corrected chi connectivity index (χ2v) is 16.9. The van der Waals surface area contributed by atoms with Crippen LogP contribution in [0.4, 0.5) is 5.69 Å². The number of carboxylic acid groups (broad SMARTS) is 1. The standard InChI is InChI=1S/C49H53N5O7S/c50-33-9-11-34(12-10-33)53-43-28-41(43)31-7-5-30(6-8-31)32-3-1-2-29(24-32)4-19-46(57)51-20-22-60-23-21-52-49(62)54-35-13-16-38(42(25-35)48(58)59)47-39-17-14-36(55)26-44(39)61-45-27-37(56)15-18-40(45)47/h1-3,5-8,13-18,24-27,33-34,41,43,47,53,55-56H,4,9-12,19-23,28,50H2,(H,51,57)(H,58,59)(H2,52,54,62)/t33-,34-,41-,43+/m0/s1. The van der Waals surface area contributed by atoms with E-state index in [4.69, 9.17) is 27.4 Å². The maximum atomic E-state index is 12.6. The van der Waals surface area contributed by atoms with Crippen LogP contribution in [-0.4, -0.2) is 76.7 Å². The highest BCUT2D eigenvalue weighted by Gasteiger charge is 2.40. The molecule has 1 amide bonds. The van der Waals surface area contributed by atoms with Crippen molar-refractivity contribution in [2.24, 2.45) is 5.73 Å². The molecule has 2 saturated carbocycles. The van der Waals surface area contributed by atoms with Crippen LogP contribution < -0.4 is 31.7 Å². The van der Waals surface area contributed by atoms with Gasteiger partial charge in [0.15, 0.2) is 5.11 Å². The van der Waals surface area contributed by atoms with E-state index in [9.17, 15) is 24.9 Å². The minimum Gasteiger partial charge on any atom is -0.508 e. The van der Waals surface area contributed by atoms with Crippen molar-refractivity contribution in [1.82, 2.24) is 16.0 Å². The first-order chi connectivity index (χ1) is 30.1. The van der Waals surface area contributed by atoms with Gasteiger partial charge in [-0.2, -0.15) is 0 Å². The highest BCUT2D eigenvalue weighted by atomic mass is 32.1. The van der Waals surface area contributed by atoms with E-state index in [0.717, 1.165) is 24.0 Å². The number of phenols is 2. The molecule has 5 aromatic rings. The van der Waals surface area contributed by atoms with E-state index >= 15 is 0 Å². The van der Waals surface area contributed by atoms with Crippen LogP contribution in [0.5, 0.6) is 23.0 Å². The summed E-state index contributed by atoms with van der Waals surface area (Å²) in [6.07, 6.45) is 6.82. The minimum atomic E-state index is -1.13. The third-order valence-electron chi connectivity index (χ3n) is 12.0. The molecule has 0 radical (unpaired) electrons. The van der Waals surface area contributed by atoms with Gasteiger partial charge >= 0.3 is 5.97 Å². The Kier molecular flexibility index (Phi) is 13.3. The molecule has 322 valence electrons. The normalized spacial score (nSPS) is 19.0. The number of hydrogen-bond donors (Lipinski definition) is 8. The Morgan fingerprint density at radius 3 is 2.15 bits per heavy atom. The van der Waals surface area contributed by atoms with Gasteiger partial charge in [0, 0.05) is 78.4 Å². The number of carboxylic acids is 1. The molecule has 5 aromatic carbocycles. The zero-order valence-corrected chi connectivity index (χ0v) is 35.3. The van der Waals surface area contributed by atoms with Crippen molar-refractivity contribution in [3.8, 4) is 34.1 Å². The first kappa shape index (κ1) is 42.7. The second kappa shape index (κ2) is 19.4. The lowest BCUT2D eigenvalue weighted by Gasteiger charge is -2.30. The van der Waals surface area contributed by atoms with E-state index in [1.807, 2.05) is 0 Å². The minimum absolute atomic E-state index is 0.000160. The molecule has 0 unspecified atom stereocenters. The Hall–Kier alpha value is -5.99. The molecule has 12 nitrogen and oxygen atoms in total. The van der Waals surface area contributed by atoms with Crippen LogP contribution in [0.1, 0.15) is 88.5 Å². The summed E-state index contributed by atoms with van der Waals surface area (Å²) in [5.41, 5.74) is 13.3. The van der Waals surface area contributed by atoms with E-state index < -0.39 is 11.9 Å². The number of fused-ring (bicyclic) bond motifs is 2. The molecular formula is C49H53N5O7S. The van der Waals surface area contributed by atoms with Crippen molar-refractivity contribution in [2.45, 2.75) is 74.9 Å². The van der Waals surface area contributed by atoms with Gasteiger partial charge in [-0.25, -0.2) is 4.79 Å². The SMILES string of the molecule is N[C@H]1CC[C@H](N[C@@H]2C[C@H]2c2ccc(-c3cccc(CCC(=O)NCCOCCNC(=S)Nc4ccc(C5c6ccc(O)cc6Oc6cc(O)ccc65)c(C(=O)O)c4)c3)cc2)CC1. The number of aromatic carboxylic acids is 1. The molecule has 0 spiro atoms. The molecule has 1 heterocycles. The Labute approximate surface area is 366 Å². The maximum Gasteiger partial charge on any atom is 0.336 e. The summed E-state index contributed by atoms with van der Waals surface area (Å²) in [6, 6.07) is 33.3. The van der Waals surface area contributed by atoms with Crippen LogP contribution in [-0.2, 0) is 16.0 Å². The van der Waals surface area contributed by atoms with E-state index in [1.54, 1.807) is 24.3 Å². The molecule has 1 aliphatic heterocycles. The van der Waals surface area contributed by atoms with Gasteiger partial charge in [0.25, 0.3) is 0 Å². The summed E-state index contributed by atoms with van der Waals surface area (Å²) in [7, 11) is 0. The first-order valence-electron chi connectivity index (χ1n) is 21.4. The number of amides is 1. The number of carbonyl (C=O) groups excluding carboxylic acids is 1. The molecule has 0 aromatic heterocycles. The Morgan fingerprint density at radius 1 is 0.774 bits per heavy atom. The number of anilines is 1. The fourth-order valence-electron chi connectivity index (χ4n) is 8.68. The number of hydrogen-bond acceptors (Lipinski definition) is 9. The van der Waals surface area contributed by atoms with Crippen molar-refractivity contribution < 1.29 is 34.4 Å². The predicted octanol–water partition coefficient (Wildman–Crippen LogP) is 7.52.